The van der Waals surface area contributed by atoms with Gasteiger partial charge >= 0.3 is 0 Å². The van der Waals surface area contributed by atoms with Gasteiger partial charge in [-0.05, 0) is 55.8 Å². The van der Waals surface area contributed by atoms with Crippen molar-refractivity contribution >= 4 is 52.4 Å². The molecule has 144 valence electrons. The van der Waals surface area contributed by atoms with Gasteiger partial charge in [0, 0.05) is 20.5 Å². The van der Waals surface area contributed by atoms with Gasteiger partial charge < -0.3 is 0 Å². The molecule has 2 aromatic carbocycles. The SMILES string of the molecule is Cc1cc(C)c(C#N)c(SCC(=O)N2c3ccccc3Sc3ccc(Cl)cc32)n1. The van der Waals surface area contributed by atoms with Crippen LogP contribution in [0.25, 0.3) is 0 Å². The third kappa shape index (κ3) is 3.86. The summed E-state index contributed by atoms with van der Waals surface area (Å²) in [6.07, 6.45) is 0. The number of nitrogens with zero attached hydrogens (tertiary/aromatic N) is 3. The van der Waals surface area contributed by atoms with Crippen LogP contribution in [0.5, 0.6) is 0 Å². The fraction of sp³-hybridized carbons (Fsp3) is 0.136. The molecule has 0 fully saturated rings. The average Bonchev–Trinajstić information content (AvgIpc) is 2.70. The molecule has 0 saturated heterocycles. The molecular formula is C22H16ClN3OS2. The van der Waals surface area contributed by atoms with Crippen LogP contribution in [0.1, 0.15) is 16.8 Å². The maximum Gasteiger partial charge on any atom is 0.242 e. The van der Waals surface area contributed by atoms with E-state index in [4.69, 9.17) is 11.6 Å². The molecule has 0 bridgehead atoms. The highest BCUT2D eigenvalue weighted by Crippen LogP contribution is 2.49. The molecule has 0 saturated carbocycles. The summed E-state index contributed by atoms with van der Waals surface area (Å²) in [6, 6.07) is 17.5. The number of para-hydroxylation sites is 1. The van der Waals surface area contributed by atoms with E-state index in [0.29, 0.717) is 15.6 Å². The number of halogens is 1. The molecule has 1 aromatic heterocycles. The summed E-state index contributed by atoms with van der Waals surface area (Å²) < 4.78 is 0. The van der Waals surface area contributed by atoms with Crippen molar-refractivity contribution in [3.63, 3.8) is 0 Å². The molecule has 0 aliphatic carbocycles. The van der Waals surface area contributed by atoms with Crippen molar-refractivity contribution in [1.82, 2.24) is 4.98 Å². The second kappa shape index (κ2) is 8.11. The fourth-order valence-corrected chi connectivity index (χ4v) is 5.39. The Morgan fingerprint density at radius 3 is 2.72 bits per heavy atom. The molecule has 4 rings (SSSR count). The number of anilines is 2. The highest BCUT2D eigenvalue weighted by molar-refractivity contribution is 8.00. The van der Waals surface area contributed by atoms with Crippen LogP contribution >= 0.6 is 35.1 Å². The van der Waals surface area contributed by atoms with Crippen molar-refractivity contribution in [2.45, 2.75) is 28.7 Å². The molecular weight excluding hydrogens is 422 g/mol. The van der Waals surface area contributed by atoms with Gasteiger partial charge in [0.15, 0.2) is 0 Å². The Morgan fingerprint density at radius 2 is 1.93 bits per heavy atom. The van der Waals surface area contributed by atoms with Crippen LogP contribution in [0.15, 0.2) is 63.3 Å². The van der Waals surface area contributed by atoms with E-state index >= 15 is 0 Å². The van der Waals surface area contributed by atoms with Gasteiger partial charge in [-0.3, -0.25) is 9.69 Å². The van der Waals surface area contributed by atoms with E-state index in [0.717, 1.165) is 32.4 Å². The van der Waals surface area contributed by atoms with Gasteiger partial charge in [0.05, 0.1) is 22.7 Å². The lowest BCUT2D eigenvalue weighted by atomic mass is 10.1. The summed E-state index contributed by atoms with van der Waals surface area (Å²) in [5.41, 5.74) is 3.83. The third-order valence-electron chi connectivity index (χ3n) is 4.49. The van der Waals surface area contributed by atoms with Gasteiger partial charge in [-0.25, -0.2) is 4.98 Å². The number of nitriles is 1. The van der Waals surface area contributed by atoms with E-state index < -0.39 is 0 Å². The predicted molar refractivity (Wildman–Crippen MR) is 118 cm³/mol. The molecule has 1 aliphatic heterocycles. The maximum atomic E-state index is 13.3. The van der Waals surface area contributed by atoms with E-state index in [9.17, 15) is 10.1 Å². The van der Waals surface area contributed by atoms with Crippen LogP contribution in [-0.2, 0) is 4.79 Å². The third-order valence-corrected chi connectivity index (χ3v) is 6.82. The van der Waals surface area contributed by atoms with Crippen LogP contribution in [0.4, 0.5) is 11.4 Å². The highest BCUT2D eigenvalue weighted by atomic mass is 35.5. The second-order valence-corrected chi connectivity index (χ2v) is 9.06. The largest absolute Gasteiger partial charge is 0.278 e. The molecule has 1 aliphatic rings. The number of carbonyl (C=O) groups is 1. The first kappa shape index (κ1) is 19.8. The Labute approximate surface area is 182 Å². The van der Waals surface area contributed by atoms with Gasteiger partial charge in [0.1, 0.15) is 11.1 Å². The normalized spacial score (nSPS) is 12.1. The summed E-state index contributed by atoms with van der Waals surface area (Å²) >= 11 is 9.14. The fourth-order valence-electron chi connectivity index (χ4n) is 3.23. The van der Waals surface area contributed by atoms with Crippen molar-refractivity contribution in [2.24, 2.45) is 0 Å². The Balaban J connectivity index is 1.68. The quantitative estimate of drug-likeness (QED) is 0.460. The van der Waals surface area contributed by atoms with Crippen LogP contribution < -0.4 is 4.90 Å². The number of hydrogen-bond donors (Lipinski definition) is 0. The van der Waals surface area contributed by atoms with Gasteiger partial charge in [0.2, 0.25) is 5.91 Å². The average molecular weight is 438 g/mol. The number of hydrogen-bond acceptors (Lipinski definition) is 5. The lowest BCUT2D eigenvalue weighted by molar-refractivity contribution is -0.115. The van der Waals surface area contributed by atoms with Gasteiger partial charge in [-0.2, -0.15) is 5.26 Å². The summed E-state index contributed by atoms with van der Waals surface area (Å²) in [6.45, 7) is 3.77. The van der Waals surface area contributed by atoms with Crippen LogP contribution in [0.2, 0.25) is 5.02 Å². The zero-order valence-electron chi connectivity index (χ0n) is 15.8. The summed E-state index contributed by atoms with van der Waals surface area (Å²) in [5, 5.41) is 10.6. The number of fused-ring (bicyclic) bond motifs is 2. The lowest BCUT2D eigenvalue weighted by Crippen LogP contribution is -2.30. The minimum Gasteiger partial charge on any atom is -0.278 e. The minimum absolute atomic E-state index is 0.0869. The number of aromatic nitrogens is 1. The van der Waals surface area contributed by atoms with Crippen LogP contribution in [0.3, 0.4) is 0 Å². The van der Waals surface area contributed by atoms with Crippen molar-refractivity contribution in [2.75, 3.05) is 10.7 Å². The Bertz CT molecular complexity index is 1170. The van der Waals surface area contributed by atoms with E-state index in [-0.39, 0.29) is 11.7 Å². The topological polar surface area (TPSA) is 57.0 Å². The molecule has 7 heteroatoms. The van der Waals surface area contributed by atoms with Gasteiger partial charge in [-0.15, -0.1) is 0 Å². The van der Waals surface area contributed by atoms with Crippen molar-refractivity contribution in [1.29, 1.82) is 5.26 Å². The molecule has 0 spiro atoms. The van der Waals surface area contributed by atoms with Crippen LogP contribution in [0, 0.1) is 25.2 Å². The highest BCUT2D eigenvalue weighted by Gasteiger charge is 2.28. The Kier molecular flexibility index (Phi) is 5.55. The maximum absolute atomic E-state index is 13.3. The molecule has 0 radical (unpaired) electrons. The molecule has 0 N–H and O–H groups in total. The van der Waals surface area contributed by atoms with Crippen molar-refractivity contribution in [3.8, 4) is 6.07 Å². The minimum atomic E-state index is -0.0869. The van der Waals surface area contributed by atoms with E-state index in [1.807, 2.05) is 62.4 Å². The number of aryl methyl sites for hydroxylation is 2. The second-order valence-electron chi connectivity index (χ2n) is 6.57. The standard InChI is InChI=1S/C22H16ClN3OS2/c1-13-9-14(2)25-22(16(13)11-24)28-12-21(27)26-17-5-3-4-6-19(17)29-20-8-7-15(23)10-18(20)26/h3-10H,12H2,1-2H3. The number of amides is 1. The summed E-state index contributed by atoms with van der Waals surface area (Å²) in [4.78, 5) is 21.5. The summed E-state index contributed by atoms with van der Waals surface area (Å²) in [5.74, 6) is 0.0753. The lowest BCUT2D eigenvalue weighted by Gasteiger charge is -2.31. The van der Waals surface area contributed by atoms with Crippen LogP contribution in [-0.4, -0.2) is 16.6 Å². The van der Waals surface area contributed by atoms with Gasteiger partial charge in [0.25, 0.3) is 0 Å². The zero-order chi connectivity index (χ0) is 20.5. The van der Waals surface area contributed by atoms with Gasteiger partial charge in [-0.1, -0.05) is 47.3 Å². The van der Waals surface area contributed by atoms with E-state index in [1.165, 1.54) is 11.8 Å². The summed E-state index contributed by atoms with van der Waals surface area (Å²) in [7, 11) is 0. The number of benzene rings is 2. The zero-order valence-corrected chi connectivity index (χ0v) is 18.2. The number of thioether (sulfide) groups is 1. The first-order chi connectivity index (χ1) is 14.0. The molecule has 3 aromatic rings. The van der Waals surface area contributed by atoms with Crippen molar-refractivity contribution in [3.05, 3.63) is 70.4 Å². The molecule has 0 atom stereocenters. The molecule has 0 unspecified atom stereocenters. The Morgan fingerprint density at radius 1 is 1.17 bits per heavy atom. The smallest absolute Gasteiger partial charge is 0.242 e. The first-order valence-corrected chi connectivity index (χ1v) is 11.1. The number of rotatable bonds is 3. The molecule has 1 amide bonds. The molecule has 29 heavy (non-hydrogen) atoms. The molecule has 2 heterocycles. The first-order valence-electron chi connectivity index (χ1n) is 8.88. The number of carbonyl (C=O) groups excluding carboxylic acids is 1. The van der Waals surface area contributed by atoms with E-state index in [1.54, 1.807) is 16.7 Å². The monoisotopic (exact) mass is 437 g/mol. The number of pyridine rings is 1. The molecule has 4 nitrogen and oxygen atoms in total. The Hall–Kier alpha value is -2.46. The van der Waals surface area contributed by atoms with E-state index in [2.05, 4.69) is 11.1 Å². The predicted octanol–water partition coefficient (Wildman–Crippen LogP) is 6.15. The van der Waals surface area contributed by atoms with Crippen molar-refractivity contribution < 1.29 is 4.79 Å².